The summed E-state index contributed by atoms with van der Waals surface area (Å²) in [4.78, 5) is 24.9. The van der Waals surface area contributed by atoms with E-state index in [1.54, 1.807) is 24.3 Å². The Morgan fingerprint density at radius 1 is 0.882 bits per heavy atom. The lowest BCUT2D eigenvalue weighted by molar-refractivity contribution is -0.119. The highest BCUT2D eigenvalue weighted by molar-refractivity contribution is 7.92. The molecule has 3 rings (SSSR count). The molecule has 3 aromatic rings. The Hall–Kier alpha value is -3.65. The Kier molecular flexibility index (Phi) is 7.41. The summed E-state index contributed by atoms with van der Waals surface area (Å²) >= 11 is 0. The summed E-state index contributed by atoms with van der Waals surface area (Å²) in [7, 11) is -4.19. The molecule has 0 aliphatic rings. The highest BCUT2D eigenvalue weighted by atomic mass is 32.2. The van der Waals surface area contributed by atoms with Crippen LogP contribution in [0.5, 0.6) is 0 Å². The quantitative estimate of drug-likeness (QED) is 0.514. The summed E-state index contributed by atoms with van der Waals surface area (Å²) in [5.41, 5.74) is 7.25. The average Bonchev–Trinajstić information content (AvgIpc) is 2.81. The fraction of sp³-hybridized carbons (Fsp3) is 0.231. The third-order valence-electron chi connectivity index (χ3n) is 5.37. The fourth-order valence-corrected chi connectivity index (χ4v) is 4.88. The molecule has 0 aliphatic carbocycles. The number of rotatable bonds is 8. The second-order valence-electron chi connectivity index (χ2n) is 8.93. The third-order valence-corrected chi connectivity index (χ3v) is 7.14. The number of hydrogen-bond donors (Lipinski definition) is 2. The van der Waals surface area contributed by atoms with Gasteiger partial charge >= 0.3 is 0 Å². The SMILES string of the molecule is CC(C)(C)c1ccc(S(=O)(=O)N(CC(=O)NCc2ccccc2)c2ccccc2C(N)=O)cc1. The van der Waals surface area contributed by atoms with Crippen molar-refractivity contribution in [2.45, 2.75) is 37.6 Å². The van der Waals surface area contributed by atoms with Crippen molar-refractivity contribution in [1.29, 1.82) is 0 Å². The predicted molar refractivity (Wildman–Crippen MR) is 133 cm³/mol. The molecular formula is C26H29N3O4S. The van der Waals surface area contributed by atoms with E-state index in [9.17, 15) is 18.0 Å². The van der Waals surface area contributed by atoms with Gasteiger partial charge in [-0.15, -0.1) is 0 Å². The van der Waals surface area contributed by atoms with Gasteiger partial charge in [0.05, 0.1) is 16.1 Å². The molecule has 0 fully saturated rings. The number of para-hydroxylation sites is 1. The van der Waals surface area contributed by atoms with Gasteiger partial charge in [-0.2, -0.15) is 0 Å². The van der Waals surface area contributed by atoms with Gasteiger partial charge in [-0.1, -0.05) is 75.4 Å². The summed E-state index contributed by atoms with van der Waals surface area (Å²) in [6.45, 7) is 5.82. The van der Waals surface area contributed by atoms with E-state index < -0.39 is 28.4 Å². The smallest absolute Gasteiger partial charge is 0.264 e. The minimum Gasteiger partial charge on any atom is -0.366 e. The fourth-order valence-electron chi connectivity index (χ4n) is 3.44. The van der Waals surface area contributed by atoms with E-state index >= 15 is 0 Å². The molecule has 34 heavy (non-hydrogen) atoms. The van der Waals surface area contributed by atoms with Gasteiger partial charge in [0, 0.05) is 6.54 Å². The van der Waals surface area contributed by atoms with Crippen molar-refractivity contribution in [1.82, 2.24) is 5.32 Å². The zero-order valence-corrected chi connectivity index (χ0v) is 20.3. The van der Waals surface area contributed by atoms with E-state index in [2.05, 4.69) is 5.32 Å². The lowest BCUT2D eigenvalue weighted by atomic mass is 9.87. The molecule has 0 saturated heterocycles. The Morgan fingerprint density at radius 3 is 2.06 bits per heavy atom. The number of carbonyl (C=O) groups excluding carboxylic acids is 2. The number of amides is 2. The molecule has 0 atom stereocenters. The number of hydrogen-bond acceptors (Lipinski definition) is 4. The van der Waals surface area contributed by atoms with Crippen LogP contribution in [0.3, 0.4) is 0 Å². The molecule has 3 aromatic carbocycles. The van der Waals surface area contributed by atoms with Gasteiger partial charge in [-0.3, -0.25) is 13.9 Å². The molecule has 0 saturated carbocycles. The maximum atomic E-state index is 13.7. The molecule has 2 amide bonds. The van der Waals surface area contributed by atoms with Gasteiger partial charge in [0.1, 0.15) is 6.54 Å². The lowest BCUT2D eigenvalue weighted by Crippen LogP contribution is -2.41. The average molecular weight is 480 g/mol. The highest BCUT2D eigenvalue weighted by Gasteiger charge is 2.30. The molecule has 0 heterocycles. The van der Waals surface area contributed by atoms with Crippen LogP contribution < -0.4 is 15.4 Å². The van der Waals surface area contributed by atoms with Gasteiger partial charge in [-0.25, -0.2) is 8.42 Å². The summed E-state index contributed by atoms with van der Waals surface area (Å²) < 4.78 is 28.3. The van der Waals surface area contributed by atoms with Gasteiger partial charge < -0.3 is 11.1 Å². The van der Waals surface area contributed by atoms with Crippen LogP contribution in [0.2, 0.25) is 0 Å². The molecule has 0 unspecified atom stereocenters. The second kappa shape index (κ2) is 10.1. The Balaban J connectivity index is 1.97. The number of sulfonamides is 1. The number of benzene rings is 3. The van der Waals surface area contributed by atoms with E-state index in [0.717, 1.165) is 15.4 Å². The highest BCUT2D eigenvalue weighted by Crippen LogP contribution is 2.29. The topological polar surface area (TPSA) is 110 Å². The Bertz CT molecular complexity index is 1270. The zero-order valence-electron chi connectivity index (χ0n) is 19.5. The standard InChI is InChI=1S/C26H29N3O4S/c1-26(2,3)20-13-15-21(16-14-20)34(32,33)29(23-12-8-7-11-22(23)25(27)31)18-24(30)28-17-19-9-5-4-6-10-19/h4-16H,17-18H2,1-3H3,(H2,27,31)(H,28,30). The van der Waals surface area contributed by atoms with Gasteiger partial charge in [0.15, 0.2) is 0 Å². The van der Waals surface area contributed by atoms with E-state index in [1.165, 1.54) is 24.3 Å². The van der Waals surface area contributed by atoms with Gasteiger partial charge in [0.2, 0.25) is 5.91 Å². The number of carbonyl (C=O) groups is 2. The van der Waals surface area contributed by atoms with Crippen LogP contribution in [0.4, 0.5) is 5.69 Å². The molecule has 3 N–H and O–H groups in total. The third kappa shape index (κ3) is 5.82. The largest absolute Gasteiger partial charge is 0.366 e. The monoisotopic (exact) mass is 479 g/mol. The minimum atomic E-state index is -4.19. The first kappa shape index (κ1) is 25.0. The van der Waals surface area contributed by atoms with E-state index in [1.807, 2.05) is 51.1 Å². The van der Waals surface area contributed by atoms with Gasteiger partial charge in [0.25, 0.3) is 15.9 Å². The second-order valence-corrected chi connectivity index (χ2v) is 10.8. The summed E-state index contributed by atoms with van der Waals surface area (Å²) in [6, 6.07) is 21.9. The maximum Gasteiger partial charge on any atom is 0.264 e. The number of anilines is 1. The van der Waals surface area contributed by atoms with Crippen molar-refractivity contribution >= 4 is 27.5 Å². The van der Waals surface area contributed by atoms with E-state index in [0.29, 0.717) is 0 Å². The molecular weight excluding hydrogens is 450 g/mol. The van der Waals surface area contributed by atoms with Gasteiger partial charge in [-0.05, 0) is 40.8 Å². The van der Waals surface area contributed by atoms with Crippen LogP contribution in [0.15, 0.2) is 83.8 Å². The first-order chi connectivity index (χ1) is 16.0. The molecule has 0 aliphatic heterocycles. The molecule has 8 heteroatoms. The first-order valence-corrected chi connectivity index (χ1v) is 12.3. The van der Waals surface area contributed by atoms with Crippen LogP contribution in [0.25, 0.3) is 0 Å². The van der Waals surface area contributed by atoms with Crippen molar-refractivity contribution in [3.05, 3.63) is 95.6 Å². The summed E-state index contributed by atoms with van der Waals surface area (Å²) in [6.07, 6.45) is 0. The lowest BCUT2D eigenvalue weighted by Gasteiger charge is -2.26. The van der Waals surface area contributed by atoms with E-state index in [4.69, 9.17) is 5.73 Å². The molecule has 0 bridgehead atoms. The zero-order chi connectivity index (χ0) is 24.9. The maximum absolute atomic E-state index is 13.7. The van der Waals surface area contributed by atoms with Crippen LogP contribution in [0.1, 0.15) is 42.3 Å². The van der Waals surface area contributed by atoms with Crippen molar-refractivity contribution < 1.29 is 18.0 Å². The van der Waals surface area contributed by atoms with Crippen LogP contribution in [-0.4, -0.2) is 26.8 Å². The van der Waals surface area contributed by atoms with E-state index in [-0.39, 0.29) is 28.1 Å². The first-order valence-electron chi connectivity index (χ1n) is 10.8. The van der Waals surface area contributed by atoms with Crippen LogP contribution >= 0.6 is 0 Å². The Morgan fingerprint density at radius 2 is 1.47 bits per heavy atom. The number of nitrogens with one attached hydrogen (secondary N) is 1. The Labute approximate surface area is 200 Å². The molecule has 0 spiro atoms. The normalized spacial score (nSPS) is 11.6. The molecule has 178 valence electrons. The van der Waals surface area contributed by atoms with Crippen LogP contribution in [0, 0.1) is 0 Å². The summed E-state index contributed by atoms with van der Waals surface area (Å²) in [5, 5.41) is 2.74. The number of nitrogens with zero attached hydrogens (tertiary/aromatic N) is 1. The van der Waals surface area contributed by atoms with Crippen molar-refractivity contribution in [3.8, 4) is 0 Å². The van der Waals surface area contributed by atoms with Crippen molar-refractivity contribution in [3.63, 3.8) is 0 Å². The molecule has 0 aromatic heterocycles. The molecule has 0 radical (unpaired) electrons. The number of nitrogens with two attached hydrogens (primary N) is 1. The minimum absolute atomic E-state index is 0.00764. The van der Waals surface area contributed by atoms with Crippen molar-refractivity contribution in [2.75, 3.05) is 10.8 Å². The van der Waals surface area contributed by atoms with Crippen molar-refractivity contribution in [2.24, 2.45) is 5.73 Å². The molecule has 7 nitrogen and oxygen atoms in total. The van der Waals surface area contributed by atoms with Crippen LogP contribution in [-0.2, 0) is 26.8 Å². The summed E-state index contributed by atoms with van der Waals surface area (Å²) in [5.74, 6) is -1.30. The number of primary amides is 1. The predicted octanol–water partition coefficient (Wildman–Crippen LogP) is 3.59.